The molecule has 1 saturated heterocycles. The van der Waals surface area contributed by atoms with E-state index in [0.29, 0.717) is 24.9 Å². The molecule has 2 aliphatic rings. The van der Waals surface area contributed by atoms with Crippen LogP contribution in [0.1, 0.15) is 50.6 Å². The van der Waals surface area contributed by atoms with Gasteiger partial charge < -0.3 is 16.2 Å². The van der Waals surface area contributed by atoms with Crippen LogP contribution in [0, 0.1) is 11.8 Å². The molecule has 4 N–H and O–H groups in total. The Morgan fingerprint density at radius 1 is 1.30 bits per heavy atom. The number of hydrogen-bond acceptors (Lipinski definition) is 4. The van der Waals surface area contributed by atoms with E-state index in [1.54, 1.807) is 0 Å². The van der Waals surface area contributed by atoms with Gasteiger partial charge in [0, 0.05) is 30.7 Å². The zero-order valence-corrected chi connectivity index (χ0v) is 16.9. The van der Waals surface area contributed by atoms with Gasteiger partial charge in [-0.15, -0.1) is 0 Å². The van der Waals surface area contributed by atoms with Crippen molar-refractivity contribution in [3.63, 3.8) is 0 Å². The molecule has 1 aromatic rings. The van der Waals surface area contributed by atoms with Gasteiger partial charge in [0.2, 0.25) is 5.91 Å². The van der Waals surface area contributed by atoms with Crippen LogP contribution in [0.25, 0.3) is 0 Å². The van der Waals surface area contributed by atoms with Crippen molar-refractivity contribution in [3.8, 4) is 0 Å². The lowest BCUT2D eigenvalue weighted by Gasteiger charge is -2.45. The summed E-state index contributed by atoms with van der Waals surface area (Å²) >= 11 is 5.94. The zero-order valence-electron chi connectivity index (χ0n) is 16.1. The molecule has 1 aliphatic carbocycles. The normalized spacial score (nSPS) is 28.3. The van der Waals surface area contributed by atoms with Gasteiger partial charge in [-0.3, -0.25) is 9.69 Å². The number of aliphatic hydroxyl groups is 1. The fourth-order valence-corrected chi connectivity index (χ4v) is 4.84. The fraction of sp³-hybridized carbons (Fsp3) is 0.667. The molecule has 5 nitrogen and oxygen atoms in total. The van der Waals surface area contributed by atoms with E-state index in [1.807, 2.05) is 24.3 Å². The van der Waals surface area contributed by atoms with Crippen molar-refractivity contribution in [3.05, 3.63) is 34.9 Å². The zero-order chi connectivity index (χ0) is 19.4. The molecule has 2 fully saturated rings. The fourth-order valence-electron chi connectivity index (χ4n) is 4.71. The number of carbonyl (C=O) groups is 1. The molecule has 1 aromatic carbocycles. The van der Waals surface area contributed by atoms with Crippen LogP contribution < -0.4 is 11.1 Å². The maximum absolute atomic E-state index is 12.0. The monoisotopic (exact) mass is 393 g/mol. The van der Waals surface area contributed by atoms with Crippen molar-refractivity contribution >= 4 is 17.5 Å². The first-order valence-electron chi connectivity index (χ1n) is 10.1. The smallest absolute Gasteiger partial charge is 0.234 e. The lowest BCUT2D eigenvalue weighted by molar-refractivity contribution is -0.127. The van der Waals surface area contributed by atoms with E-state index in [4.69, 9.17) is 17.3 Å². The quantitative estimate of drug-likeness (QED) is 0.665. The molecule has 1 heterocycles. The molecule has 6 heteroatoms. The van der Waals surface area contributed by atoms with E-state index in [1.165, 1.54) is 25.7 Å². The molecule has 1 saturated carbocycles. The van der Waals surface area contributed by atoms with Gasteiger partial charge in [-0.05, 0) is 49.3 Å². The summed E-state index contributed by atoms with van der Waals surface area (Å²) in [5, 5.41) is 14.6. The summed E-state index contributed by atoms with van der Waals surface area (Å²) in [7, 11) is 0. The second kappa shape index (κ2) is 9.37. The van der Waals surface area contributed by atoms with Crippen molar-refractivity contribution in [2.45, 2.75) is 57.2 Å². The maximum Gasteiger partial charge on any atom is 0.234 e. The average Bonchev–Trinajstić information content (AvgIpc) is 2.66. The first kappa shape index (κ1) is 20.6. The van der Waals surface area contributed by atoms with Gasteiger partial charge in [0.05, 0.1) is 12.1 Å². The number of nitrogens with two attached hydrogens (primary N) is 1. The third-order valence-electron chi connectivity index (χ3n) is 6.31. The minimum atomic E-state index is -0.540. The highest BCUT2D eigenvalue weighted by atomic mass is 35.5. The number of piperidine rings is 1. The number of benzene rings is 1. The van der Waals surface area contributed by atoms with E-state index >= 15 is 0 Å². The van der Waals surface area contributed by atoms with Crippen LogP contribution in [0.5, 0.6) is 0 Å². The van der Waals surface area contributed by atoms with Crippen LogP contribution in [0.4, 0.5) is 0 Å². The molecule has 0 unspecified atom stereocenters. The van der Waals surface area contributed by atoms with Crippen LogP contribution in [-0.4, -0.2) is 47.7 Å². The maximum atomic E-state index is 12.0. The molecule has 3 rings (SSSR count). The largest absolute Gasteiger partial charge is 0.390 e. The highest BCUT2D eigenvalue weighted by Crippen LogP contribution is 2.38. The number of fused-ring (bicyclic) bond motifs is 1. The number of β-amino-alcohol motifs (C(OH)–C–C–N with tert-alkyl or cyclic N) is 1. The topological polar surface area (TPSA) is 78.6 Å². The van der Waals surface area contributed by atoms with E-state index < -0.39 is 6.10 Å². The third kappa shape index (κ3) is 5.44. The van der Waals surface area contributed by atoms with Gasteiger partial charge in [-0.2, -0.15) is 0 Å². The van der Waals surface area contributed by atoms with Crippen LogP contribution in [0.3, 0.4) is 0 Å². The summed E-state index contributed by atoms with van der Waals surface area (Å²) < 4.78 is 0. The number of nitrogens with one attached hydrogen (secondary N) is 1. The van der Waals surface area contributed by atoms with Gasteiger partial charge >= 0.3 is 0 Å². The molecule has 5 atom stereocenters. The predicted molar refractivity (Wildman–Crippen MR) is 108 cm³/mol. The number of carbonyl (C=O) groups excluding carboxylic acids is 1. The summed E-state index contributed by atoms with van der Waals surface area (Å²) in [5.74, 6) is 1.00. The number of aliphatic hydroxyl groups excluding tert-OH is 1. The molecule has 0 spiro atoms. The molecule has 0 bridgehead atoms. The Hall–Kier alpha value is -1.14. The number of hydrogen-bond donors (Lipinski definition) is 3. The highest BCUT2D eigenvalue weighted by Gasteiger charge is 2.39. The number of primary amides is 1. The van der Waals surface area contributed by atoms with Gasteiger partial charge in [-0.1, -0.05) is 43.0 Å². The molecule has 0 radical (unpaired) electrons. The van der Waals surface area contributed by atoms with Crippen molar-refractivity contribution in [2.75, 3.05) is 19.6 Å². The van der Waals surface area contributed by atoms with Crippen LogP contribution >= 0.6 is 11.6 Å². The van der Waals surface area contributed by atoms with Crippen molar-refractivity contribution in [1.82, 2.24) is 10.2 Å². The summed E-state index contributed by atoms with van der Waals surface area (Å²) in [6, 6.07) is 7.60. The number of likely N-dealkylation sites (tertiary alicyclic amines) is 1. The van der Waals surface area contributed by atoms with Crippen molar-refractivity contribution in [2.24, 2.45) is 17.6 Å². The van der Waals surface area contributed by atoms with Gasteiger partial charge in [0.25, 0.3) is 0 Å². The van der Waals surface area contributed by atoms with Crippen molar-refractivity contribution < 1.29 is 9.90 Å². The molecular weight excluding hydrogens is 362 g/mol. The molecule has 1 aliphatic heterocycles. The summed E-state index contributed by atoms with van der Waals surface area (Å²) in [6.07, 6.45) is 5.29. The Labute approximate surface area is 167 Å². The SMILES string of the molecule is C[C@@H](NC[C@@H](O)CN1C[C@H]2CCCC[C@H]2C[C@H]1C(N)=O)c1ccc(Cl)cc1. The Kier molecular flexibility index (Phi) is 7.15. The summed E-state index contributed by atoms with van der Waals surface area (Å²) in [4.78, 5) is 14.1. The second-order valence-electron chi connectivity index (χ2n) is 8.25. The van der Waals surface area contributed by atoms with E-state index in [2.05, 4.69) is 17.1 Å². The lowest BCUT2D eigenvalue weighted by atomic mass is 9.72. The minimum absolute atomic E-state index is 0.118. The first-order valence-corrected chi connectivity index (χ1v) is 10.5. The van der Waals surface area contributed by atoms with E-state index in [9.17, 15) is 9.90 Å². The Balaban J connectivity index is 1.52. The van der Waals surface area contributed by atoms with Crippen LogP contribution in [0.2, 0.25) is 5.02 Å². The first-order chi connectivity index (χ1) is 12.9. The van der Waals surface area contributed by atoms with Gasteiger partial charge in [0.15, 0.2) is 0 Å². The molecule has 150 valence electrons. The summed E-state index contributed by atoms with van der Waals surface area (Å²) in [6.45, 7) is 3.90. The lowest BCUT2D eigenvalue weighted by Crippen LogP contribution is -2.56. The standard InChI is InChI=1S/C21H32ClN3O2/c1-14(15-6-8-18(22)9-7-15)24-11-19(26)13-25-12-17-5-3-2-4-16(17)10-20(25)21(23)27/h6-9,14,16-17,19-20,24,26H,2-5,10-13H2,1H3,(H2,23,27)/t14-,16+,17-,19-,20+/m1/s1. The van der Waals surface area contributed by atoms with Gasteiger partial charge in [-0.25, -0.2) is 0 Å². The Bertz CT molecular complexity index is 624. The number of rotatable bonds is 7. The second-order valence-corrected chi connectivity index (χ2v) is 8.68. The number of halogens is 1. The number of nitrogens with zero attached hydrogens (tertiary/aromatic N) is 1. The van der Waals surface area contributed by atoms with E-state index in [-0.39, 0.29) is 18.0 Å². The Morgan fingerprint density at radius 2 is 1.96 bits per heavy atom. The van der Waals surface area contributed by atoms with Crippen molar-refractivity contribution in [1.29, 1.82) is 0 Å². The number of amides is 1. The molecule has 0 aromatic heterocycles. The van der Waals surface area contributed by atoms with Crippen LogP contribution in [-0.2, 0) is 4.79 Å². The van der Waals surface area contributed by atoms with Gasteiger partial charge in [0.1, 0.15) is 0 Å². The molecule has 1 amide bonds. The molecular formula is C21H32ClN3O2. The van der Waals surface area contributed by atoms with E-state index in [0.717, 1.165) is 23.6 Å². The average molecular weight is 394 g/mol. The highest BCUT2D eigenvalue weighted by molar-refractivity contribution is 6.30. The molecule has 27 heavy (non-hydrogen) atoms. The summed E-state index contributed by atoms with van der Waals surface area (Å²) in [5.41, 5.74) is 6.81. The Morgan fingerprint density at radius 3 is 2.63 bits per heavy atom. The predicted octanol–water partition coefficient (Wildman–Crippen LogP) is 2.72. The third-order valence-corrected chi connectivity index (χ3v) is 6.56. The van der Waals surface area contributed by atoms with Crippen LogP contribution in [0.15, 0.2) is 24.3 Å². The minimum Gasteiger partial charge on any atom is -0.390 e.